The van der Waals surface area contributed by atoms with Gasteiger partial charge in [0.15, 0.2) is 0 Å². The molecule has 0 aromatic heterocycles. The fourth-order valence-electron chi connectivity index (χ4n) is 1.88. The summed E-state index contributed by atoms with van der Waals surface area (Å²) in [6, 6.07) is 8.48. The molecule has 2 aromatic rings. The average Bonchev–Trinajstić information content (AvgIpc) is 2.36. The summed E-state index contributed by atoms with van der Waals surface area (Å²) in [4.78, 5) is 0. The number of benzene rings is 2. The minimum absolute atomic E-state index is 0.155. The van der Waals surface area contributed by atoms with Crippen LogP contribution < -0.4 is 10.5 Å². The molecule has 0 spiro atoms. The quantitative estimate of drug-likeness (QED) is 0.812. The molecule has 0 aliphatic carbocycles. The Morgan fingerprint density at radius 1 is 1.05 bits per heavy atom. The Bertz CT molecular complexity index is 645. The van der Waals surface area contributed by atoms with Crippen LogP contribution in [0.2, 0.25) is 0 Å². The Balaban J connectivity index is 2.41. The van der Waals surface area contributed by atoms with Crippen LogP contribution in [0.5, 0.6) is 5.75 Å². The van der Waals surface area contributed by atoms with Crippen molar-refractivity contribution in [1.82, 2.24) is 0 Å². The Morgan fingerprint density at radius 2 is 1.71 bits per heavy atom. The van der Waals surface area contributed by atoms with Crippen LogP contribution in [0.3, 0.4) is 0 Å². The van der Waals surface area contributed by atoms with Crippen molar-refractivity contribution in [2.75, 3.05) is 0 Å². The van der Waals surface area contributed by atoms with E-state index in [1.807, 2.05) is 0 Å². The summed E-state index contributed by atoms with van der Waals surface area (Å²) in [6.07, 6.45) is -4.81. The molecule has 112 valence electrons. The summed E-state index contributed by atoms with van der Waals surface area (Å²) in [5, 5.41) is 0. The molecule has 0 fully saturated rings. The maximum absolute atomic E-state index is 13.1. The van der Waals surface area contributed by atoms with E-state index in [1.54, 1.807) is 6.07 Å². The van der Waals surface area contributed by atoms with Crippen molar-refractivity contribution in [3.63, 3.8) is 0 Å². The van der Waals surface area contributed by atoms with E-state index in [-0.39, 0.29) is 11.3 Å². The van der Waals surface area contributed by atoms with Crippen molar-refractivity contribution in [3.8, 4) is 5.75 Å². The normalized spacial score (nSPS) is 13.0. The molecule has 0 aliphatic rings. The number of hydrogen-bond acceptors (Lipinski definition) is 2. The predicted octanol–water partition coefficient (Wildman–Crippen LogP) is 4.53. The van der Waals surface area contributed by atoms with Crippen LogP contribution in [0.1, 0.15) is 17.2 Å². The molecule has 2 aromatic carbocycles. The van der Waals surface area contributed by atoms with Gasteiger partial charge in [0, 0.05) is 10.0 Å². The van der Waals surface area contributed by atoms with Gasteiger partial charge in [-0.2, -0.15) is 0 Å². The molecule has 0 amide bonds. The molecule has 0 saturated carbocycles. The minimum Gasteiger partial charge on any atom is -0.405 e. The van der Waals surface area contributed by atoms with Crippen molar-refractivity contribution in [1.29, 1.82) is 0 Å². The number of para-hydroxylation sites is 1. The molecule has 2 N–H and O–H groups in total. The molecule has 1 unspecified atom stereocenters. The van der Waals surface area contributed by atoms with E-state index in [0.29, 0.717) is 10.0 Å². The average molecular weight is 364 g/mol. The zero-order valence-electron chi connectivity index (χ0n) is 10.5. The standard InChI is InChI=1S/C14H10BrF4NO/c15-11-7-8(16)5-6-9(11)13(20)10-3-1-2-4-12(10)21-14(17,18)19/h1-7,13H,20H2. The first-order valence-electron chi connectivity index (χ1n) is 5.83. The van der Waals surface area contributed by atoms with Gasteiger partial charge in [0.05, 0.1) is 6.04 Å². The molecule has 21 heavy (non-hydrogen) atoms. The van der Waals surface area contributed by atoms with E-state index < -0.39 is 18.2 Å². The van der Waals surface area contributed by atoms with Crippen LogP contribution >= 0.6 is 15.9 Å². The van der Waals surface area contributed by atoms with Crippen molar-refractivity contribution in [2.24, 2.45) is 5.73 Å². The molecule has 0 radical (unpaired) electrons. The van der Waals surface area contributed by atoms with Crippen molar-refractivity contribution >= 4 is 15.9 Å². The van der Waals surface area contributed by atoms with Crippen LogP contribution in [-0.2, 0) is 0 Å². The summed E-state index contributed by atoms with van der Waals surface area (Å²) < 4.78 is 54.6. The molecule has 0 aliphatic heterocycles. The lowest BCUT2D eigenvalue weighted by Gasteiger charge is -2.19. The van der Waals surface area contributed by atoms with Crippen LogP contribution in [0.25, 0.3) is 0 Å². The SMILES string of the molecule is NC(c1ccc(F)cc1Br)c1ccccc1OC(F)(F)F. The highest BCUT2D eigenvalue weighted by Crippen LogP contribution is 2.34. The smallest absolute Gasteiger partial charge is 0.405 e. The van der Waals surface area contributed by atoms with Gasteiger partial charge in [0.1, 0.15) is 11.6 Å². The molecule has 0 saturated heterocycles. The van der Waals surface area contributed by atoms with Crippen LogP contribution in [-0.4, -0.2) is 6.36 Å². The van der Waals surface area contributed by atoms with Gasteiger partial charge in [0.2, 0.25) is 0 Å². The summed E-state index contributed by atoms with van der Waals surface area (Å²) in [7, 11) is 0. The number of halogens is 5. The highest BCUT2D eigenvalue weighted by molar-refractivity contribution is 9.10. The van der Waals surface area contributed by atoms with Crippen molar-refractivity contribution in [3.05, 3.63) is 63.9 Å². The summed E-state index contributed by atoms with van der Waals surface area (Å²) >= 11 is 3.15. The van der Waals surface area contributed by atoms with Crippen LogP contribution in [0, 0.1) is 5.82 Å². The Kier molecular flexibility index (Phi) is 4.53. The van der Waals surface area contributed by atoms with Gasteiger partial charge < -0.3 is 10.5 Å². The first-order valence-corrected chi connectivity index (χ1v) is 6.62. The minimum atomic E-state index is -4.81. The zero-order valence-corrected chi connectivity index (χ0v) is 12.1. The van der Waals surface area contributed by atoms with E-state index in [4.69, 9.17) is 5.73 Å². The van der Waals surface area contributed by atoms with E-state index >= 15 is 0 Å². The second kappa shape index (κ2) is 6.03. The highest BCUT2D eigenvalue weighted by atomic mass is 79.9. The van der Waals surface area contributed by atoms with Gasteiger partial charge in [0.25, 0.3) is 0 Å². The number of alkyl halides is 3. The third-order valence-electron chi connectivity index (χ3n) is 2.78. The monoisotopic (exact) mass is 363 g/mol. The Morgan fingerprint density at radius 3 is 2.33 bits per heavy atom. The summed E-state index contributed by atoms with van der Waals surface area (Å²) in [5.41, 5.74) is 6.60. The molecular formula is C14H10BrF4NO. The summed E-state index contributed by atoms with van der Waals surface area (Å²) in [6.45, 7) is 0. The van der Waals surface area contributed by atoms with Gasteiger partial charge in [-0.1, -0.05) is 40.2 Å². The fraction of sp³-hybridized carbons (Fsp3) is 0.143. The van der Waals surface area contributed by atoms with Gasteiger partial charge in [-0.3, -0.25) is 0 Å². The van der Waals surface area contributed by atoms with Gasteiger partial charge in [-0.05, 0) is 23.8 Å². The molecule has 1 atom stereocenters. The highest BCUT2D eigenvalue weighted by Gasteiger charge is 2.32. The first-order chi connectivity index (χ1) is 9.78. The number of ether oxygens (including phenoxy) is 1. The van der Waals surface area contributed by atoms with Gasteiger partial charge in [-0.15, -0.1) is 13.2 Å². The molecule has 0 bridgehead atoms. The maximum atomic E-state index is 13.1. The molecule has 7 heteroatoms. The van der Waals surface area contributed by atoms with Crippen LogP contribution in [0.15, 0.2) is 46.9 Å². The Hall–Kier alpha value is -1.60. The van der Waals surface area contributed by atoms with Crippen molar-refractivity contribution in [2.45, 2.75) is 12.4 Å². The predicted molar refractivity (Wildman–Crippen MR) is 73.3 cm³/mol. The lowest BCUT2D eigenvalue weighted by molar-refractivity contribution is -0.274. The van der Waals surface area contributed by atoms with Crippen molar-refractivity contribution < 1.29 is 22.3 Å². The second-order valence-corrected chi connectivity index (χ2v) is 5.08. The largest absolute Gasteiger partial charge is 0.573 e. The summed E-state index contributed by atoms with van der Waals surface area (Å²) in [5.74, 6) is -0.855. The van der Waals surface area contributed by atoms with E-state index in [2.05, 4.69) is 20.7 Å². The van der Waals surface area contributed by atoms with Crippen LogP contribution in [0.4, 0.5) is 17.6 Å². The molecule has 0 heterocycles. The van der Waals surface area contributed by atoms with Gasteiger partial charge >= 0.3 is 6.36 Å². The fourth-order valence-corrected chi connectivity index (χ4v) is 2.47. The van der Waals surface area contributed by atoms with Gasteiger partial charge in [-0.25, -0.2) is 4.39 Å². The molecular weight excluding hydrogens is 354 g/mol. The third kappa shape index (κ3) is 3.95. The Labute approximate surface area is 126 Å². The zero-order chi connectivity index (χ0) is 15.6. The topological polar surface area (TPSA) is 35.2 Å². The maximum Gasteiger partial charge on any atom is 0.573 e. The van der Waals surface area contributed by atoms with E-state index in [0.717, 1.165) is 0 Å². The van der Waals surface area contributed by atoms with E-state index in [1.165, 1.54) is 36.4 Å². The molecule has 2 nitrogen and oxygen atoms in total. The lowest BCUT2D eigenvalue weighted by Crippen LogP contribution is -2.20. The number of nitrogens with two attached hydrogens (primary N) is 1. The molecule has 2 rings (SSSR count). The third-order valence-corrected chi connectivity index (χ3v) is 3.46. The van der Waals surface area contributed by atoms with E-state index in [9.17, 15) is 17.6 Å². The second-order valence-electron chi connectivity index (χ2n) is 4.23. The lowest BCUT2D eigenvalue weighted by atomic mass is 9.99. The first kappa shape index (κ1) is 15.8. The number of hydrogen-bond donors (Lipinski definition) is 1. The number of rotatable bonds is 3.